The zero-order valence-corrected chi connectivity index (χ0v) is 20.1. The van der Waals surface area contributed by atoms with Gasteiger partial charge in [0.25, 0.3) is 5.91 Å². The average Bonchev–Trinajstić information content (AvgIpc) is 3.33. The van der Waals surface area contributed by atoms with Crippen LogP contribution in [0, 0.1) is 5.92 Å². The minimum absolute atomic E-state index is 0.0238. The van der Waals surface area contributed by atoms with E-state index in [1.54, 1.807) is 11.3 Å². The lowest BCUT2D eigenvalue weighted by atomic mass is 9.81. The Morgan fingerprint density at radius 2 is 1.91 bits per heavy atom. The SMILES string of the molecule is CC(C)CN1C(=O)c2ccccc2[C@H](C(=O)NCCCN2CCCCC2)[C@@H]1c1cccs1. The van der Waals surface area contributed by atoms with Crippen molar-refractivity contribution in [2.45, 2.75) is 51.5 Å². The Morgan fingerprint density at radius 3 is 2.62 bits per heavy atom. The number of hydrogen-bond acceptors (Lipinski definition) is 4. The van der Waals surface area contributed by atoms with Gasteiger partial charge in [0, 0.05) is 23.5 Å². The van der Waals surface area contributed by atoms with Gasteiger partial charge in [-0.05, 0) is 67.9 Å². The maximum absolute atomic E-state index is 13.6. The van der Waals surface area contributed by atoms with Gasteiger partial charge < -0.3 is 15.1 Å². The molecule has 6 heteroatoms. The first kappa shape index (κ1) is 23.0. The highest BCUT2D eigenvalue weighted by atomic mass is 32.1. The molecular formula is C26H35N3O2S. The summed E-state index contributed by atoms with van der Waals surface area (Å²) in [5, 5.41) is 5.24. The summed E-state index contributed by atoms with van der Waals surface area (Å²) in [7, 11) is 0. The fraction of sp³-hybridized carbons (Fsp3) is 0.538. The Labute approximate surface area is 195 Å². The van der Waals surface area contributed by atoms with E-state index in [4.69, 9.17) is 0 Å². The topological polar surface area (TPSA) is 52.7 Å². The Kier molecular flexibility index (Phi) is 7.63. The first-order valence-corrected chi connectivity index (χ1v) is 12.9. The molecule has 2 aromatic rings. The molecule has 1 saturated heterocycles. The van der Waals surface area contributed by atoms with Crippen LogP contribution in [0.1, 0.15) is 72.3 Å². The van der Waals surface area contributed by atoms with Crippen LogP contribution in [0.3, 0.4) is 0 Å². The molecule has 4 rings (SSSR count). The van der Waals surface area contributed by atoms with Crippen molar-refractivity contribution in [1.29, 1.82) is 0 Å². The normalized spacial score (nSPS) is 21.6. The molecule has 0 bridgehead atoms. The van der Waals surface area contributed by atoms with Crippen molar-refractivity contribution in [1.82, 2.24) is 15.1 Å². The van der Waals surface area contributed by atoms with Crippen LogP contribution < -0.4 is 5.32 Å². The van der Waals surface area contributed by atoms with Crippen molar-refractivity contribution in [3.63, 3.8) is 0 Å². The molecule has 1 aromatic carbocycles. The zero-order valence-electron chi connectivity index (χ0n) is 19.3. The molecule has 32 heavy (non-hydrogen) atoms. The van der Waals surface area contributed by atoms with Gasteiger partial charge in [0.1, 0.15) is 0 Å². The predicted molar refractivity (Wildman–Crippen MR) is 130 cm³/mol. The van der Waals surface area contributed by atoms with Crippen molar-refractivity contribution < 1.29 is 9.59 Å². The Bertz CT molecular complexity index is 906. The summed E-state index contributed by atoms with van der Waals surface area (Å²) in [6.07, 6.45) is 4.86. The fourth-order valence-electron chi connectivity index (χ4n) is 5.05. The monoisotopic (exact) mass is 453 g/mol. The van der Waals surface area contributed by atoms with E-state index in [2.05, 4.69) is 30.1 Å². The zero-order chi connectivity index (χ0) is 22.5. The summed E-state index contributed by atoms with van der Waals surface area (Å²) in [4.78, 5) is 32.6. The minimum atomic E-state index is -0.392. The largest absolute Gasteiger partial charge is 0.355 e. The van der Waals surface area contributed by atoms with E-state index in [1.165, 1.54) is 32.4 Å². The summed E-state index contributed by atoms with van der Waals surface area (Å²) in [5.74, 6) is -0.0196. The molecule has 0 unspecified atom stereocenters. The summed E-state index contributed by atoms with van der Waals surface area (Å²) < 4.78 is 0. The highest BCUT2D eigenvalue weighted by molar-refractivity contribution is 7.10. The quantitative estimate of drug-likeness (QED) is 0.591. The number of carbonyl (C=O) groups is 2. The molecule has 1 aromatic heterocycles. The molecule has 0 saturated carbocycles. The number of nitrogens with one attached hydrogen (secondary N) is 1. The molecule has 0 aliphatic carbocycles. The molecule has 2 aliphatic rings. The molecule has 2 amide bonds. The second-order valence-electron chi connectivity index (χ2n) is 9.42. The number of carbonyl (C=O) groups excluding carboxylic acids is 2. The van der Waals surface area contributed by atoms with Gasteiger partial charge in [-0.3, -0.25) is 9.59 Å². The van der Waals surface area contributed by atoms with Crippen LogP contribution in [0.15, 0.2) is 41.8 Å². The summed E-state index contributed by atoms with van der Waals surface area (Å²) in [6, 6.07) is 11.5. The van der Waals surface area contributed by atoms with Crippen molar-refractivity contribution >= 4 is 23.2 Å². The van der Waals surface area contributed by atoms with Crippen molar-refractivity contribution in [2.75, 3.05) is 32.7 Å². The number of thiophene rings is 1. The van der Waals surface area contributed by atoms with Gasteiger partial charge in [0.15, 0.2) is 0 Å². The first-order chi connectivity index (χ1) is 15.6. The molecule has 1 fully saturated rings. The lowest BCUT2D eigenvalue weighted by Crippen LogP contribution is -2.48. The highest BCUT2D eigenvalue weighted by Crippen LogP contribution is 2.44. The van der Waals surface area contributed by atoms with Gasteiger partial charge in [-0.2, -0.15) is 0 Å². The fourth-order valence-corrected chi connectivity index (χ4v) is 5.93. The average molecular weight is 454 g/mol. The number of fused-ring (bicyclic) bond motifs is 1. The first-order valence-electron chi connectivity index (χ1n) is 12.0. The van der Waals surface area contributed by atoms with E-state index >= 15 is 0 Å². The maximum Gasteiger partial charge on any atom is 0.254 e. The standard InChI is InChI=1S/C26H35N3O2S/c1-19(2)18-29-24(22-12-8-17-32-22)23(20-10-4-5-11-21(20)26(29)31)25(30)27-13-9-16-28-14-6-3-7-15-28/h4-5,8,10-12,17,19,23-24H,3,6-7,9,13-16,18H2,1-2H3,(H,27,30)/t23-,24-/m0/s1. The molecule has 3 heterocycles. The molecule has 0 spiro atoms. The molecule has 172 valence electrons. The van der Waals surface area contributed by atoms with Crippen LogP contribution in [0.25, 0.3) is 0 Å². The van der Waals surface area contributed by atoms with Crippen LogP contribution >= 0.6 is 11.3 Å². The Morgan fingerprint density at radius 1 is 1.12 bits per heavy atom. The third-order valence-corrected chi connectivity index (χ3v) is 7.46. The Hall–Kier alpha value is -2.18. The number of piperidine rings is 1. The predicted octanol–water partition coefficient (Wildman–Crippen LogP) is 4.68. The third kappa shape index (κ3) is 5.07. The molecule has 5 nitrogen and oxygen atoms in total. The summed E-state index contributed by atoms with van der Waals surface area (Å²) in [5.41, 5.74) is 1.51. The van der Waals surface area contributed by atoms with Crippen LogP contribution in [0.4, 0.5) is 0 Å². The highest BCUT2D eigenvalue weighted by Gasteiger charge is 2.44. The molecule has 2 aliphatic heterocycles. The smallest absolute Gasteiger partial charge is 0.254 e. The minimum Gasteiger partial charge on any atom is -0.355 e. The number of benzene rings is 1. The van der Waals surface area contributed by atoms with Crippen LogP contribution in [0.5, 0.6) is 0 Å². The van der Waals surface area contributed by atoms with E-state index in [-0.39, 0.29) is 17.9 Å². The Balaban J connectivity index is 1.55. The van der Waals surface area contributed by atoms with Gasteiger partial charge >= 0.3 is 0 Å². The second kappa shape index (κ2) is 10.6. The van der Waals surface area contributed by atoms with Crippen LogP contribution in [0.2, 0.25) is 0 Å². The van der Waals surface area contributed by atoms with E-state index in [1.807, 2.05) is 40.6 Å². The van der Waals surface area contributed by atoms with E-state index in [9.17, 15) is 9.59 Å². The molecular weight excluding hydrogens is 418 g/mol. The van der Waals surface area contributed by atoms with Gasteiger partial charge in [-0.15, -0.1) is 11.3 Å². The van der Waals surface area contributed by atoms with E-state index in [0.717, 1.165) is 23.4 Å². The third-order valence-electron chi connectivity index (χ3n) is 6.52. The second-order valence-corrected chi connectivity index (χ2v) is 10.4. The molecule has 1 N–H and O–H groups in total. The van der Waals surface area contributed by atoms with Crippen molar-refractivity contribution in [2.24, 2.45) is 5.92 Å². The van der Waals surface area contributed by atoms with Gasteiger partial charge in [0.05, 0.1) is 12.0 Å². The number of amides is 2. The number of hydrogen-bond donors (Lipinski definition) is 1. The van der Waals surface area contributed by atoms with Gasteiger partial charge in [0.2, 0.25) is 5.91 Å². The maximum atomic E-state index is 13.6. The van der Waals surface area contributed by atoms with E-state index in [0.29, 0.717) is 24.6 Å². The van der Waals surface area contributed by atoms with Gasteiger partial charge in [-0.25, -0.2) is 0 Å². The summed E-state index contributed by atoms with van der Waals surface area (Å²) in [6.45, 7) is 8.93. The number of likely N-dealkylation sites (tertiary alicyclic amines) is 1. The summed E-state index contributed by atoms with van der Waals surface area (Å²) >= 11 is 1.62. The van der Waals surface area contributed by atoms with Crippen molar-refractivity contribution in [3.05, 3.63) is 57.8 Å². The van der Waals surface area contributed by atoms with Gasteiger partial charge in [-0.1, -0.05) is 44.5 Å². The van der Waals surface area contributed by atoms with Crippen molar-refractivity contribution in [3.8, 4) is 0 Å². The van der Waals surface area contributed by atoms with Crippen LogP contribution in [-0.4, -0.2) is 54.3 Å². The molecule has 0 radical (unpaired) electrons. The van der Waals surface area contributed by atoms with E-state index < -0.39 is 5.92 Å². The lowest BCUT2D eigenvalue weighted by molar-refractivity contribution is -0.124. The lowest BCUT2D eigenvalue weighted by Gasteiger charge is -2.42. The van der Waals surface area contributed by atoms with Crippen LogP contribution in [-0.2, 0) is 4.79 Å². The molecule has 2 atom stereocenters. The number of nitrogens with zero attached hydrogens (tertiary/aromatic N) is 2. The number of rotatable bonds is 8.